The number of rotatable bonds is 3. The Kier molecular flexibility index (Phi) is 2.63. The maximum atomic E-state index is 10.3. The predicted octanol–water partition coefficient (Wildman–Crippen LogP) is 0.746. The summed E-state index contributed by atoms with van der Waals surface area (Å²) in [5.41, 5.74) is 0. The fraction of sp³-hybridized carbons (Fsp3) is 0.625. The Hall–Kier alpha value is -0.630. The number of likely N-dealkylation sites (tertiary alicyclic amines) is 1. The van der Waals surface area contributed by atoms with Gasteiger partial charge in [0.05, 0.1) is 6.04 Å². The van der Waals surface area contributed by atoms with Crippen LogP contribution < -0.4 is 0 Å². The molecule has 1 heterocycles. The Morgan fingerprint density at radius 2 is 2.10 bits per heavy atom. The van der Waals surface area contributed by atoms with Crippen LogP contribution in [0.1, 0.15) is 12.8 Å². The predicted molar refractivity (Wildman–Crippen MR) is 40.5 cm³/mol. The lowest BCUT2D eigenvalue weighted by atomic mass is 10.3. The summed E-state index contributed by atoms with van der Waals surface area (Å²) in [7, 11) is 0. The van der Waals surface area contributed by atoms with Gasteiger partial charge in [-0.05, 0) is 25.9 Å². The minimum atomic E-state index is -0.164. The van der Waals surface area contributed by atoms with Gasteiger partial charge in [0.2, 0.25) is 6.29 Å². The molecule has 1 fully saturated rings. The number of hydrogen-bond acceptors (Lipinski definition) is 2. The van der Waals surface area contributed by atoms with Crippen LogP contribution >= 0.6 is 0 Å². The van der Waals surface area contributed by atoms with E-state index in [4.69, 9.17) is 0 Å². The van der Waals surface area contributed by atoms with E-state index in [0.29, 0.717) is 0 Å². The summed E-state index contributed by atoms with van der Waals surface area (Å²) in [6.45, 7) is 5.61. The van der Waals surface area contributed by atoms with E-state index in [2.05, 4.69) is 11.5 Å². The molecule has 1 saturated heterocycles. The zero-order valence-electron chi connectivity index (χ0n) is 6.05. The average Bonchev–Trinajstić information content (AvgIpc) is 2.43. The largest absolute Gasteiger partial charge is 0.290 e. The van der Waals surface area contributed by atoms with E-state index >= 15 is 0 Å². The molecule has 1 aliphatic heterocycles. The molecular formula is C8H12NO. The standard InChI is InChI=1S/C8H12NO/c1-2-8(7-10)9-5-3-4-6-9/h2,8H,1,3-6H2. The Morgan fingerprint density at radius 3 is 2.50 bits per heavy atom. The molecule has 0 bridgehead atoms. The van der Waals surface area contributed by atoms with Crippen molar-refractivity contribution in [2.24, 2.45) is 0 Å². The van der Waals surface area contributed by atoms with Gasteiger partial charge < -0.3 is 0 Å². The minimum Gasteiger partial charge on any atom is -0.290 e. The fourth-order valence-electron chi connectivity index (χ4n) is 1.29. The number of hydrogen-bond donors (Lipinski definition) is 0. The molecule has 10 heavy (non-hydrogen) atoms. The quantitative estimate of drug-likeness (QED) is 0.536. The molecule has 0 saturated carbocycles. The maximum Gasteiger partial charge on any atom is 0.221 e. The van der Waals surface area contributed by atoms with Crippen LogP contribution in [0, 0.1) is 0 Å². The van der Waals surface area contributed by atoms with Gasteiger partial charge in [-0.2, -0.15) is 0 Å². The third-order valence-corrected chi connectivity index (χ3v) is 1.88. The molecule has 1 aliphatic rings. The van der Waals surface area contributed by atoms with E-state index in [1.807, 2.05) is 6.29 Å². The summed E-state index contributed by atoms with van der Waals surface area (Å²) in [5.74, 6) is 0. The Bertz CT molecular complexity index is 119. The topological polar surface area (TPSA) is 20.3 Å². The summed E-state index contributed by atoms with van der Waals surface area (Å²) < 4.78 is 0. The van der Waals surface area contributed by atoms with E-state index in [-0.39, 0.29) is 6.04 Å². The molecule has 0 aromatic carbocycles. The highest BCUT2D eigenvalue weighted by Crippen LogP contribution is 2.10. The van der Waals surface area contributed by atoms with Gasteiger partial charge in [0.1, 0.15) is 0 Å². The fourth-order valence-corrected chi connectivity index (χ4v) is 1.29. The Labute approximate surface area is 61.5 Å². The van der Waals surface area contributed by atoms with Crippen LogP contribution in [0.2, 0.25) is 0 Å². The average molecular weight is 138 g/mol. The van der Waals surface area contributed by atoms with Gasteiger partial charge in [0.15, 0.2) is 0 Å². The molecule has 55 valence electrons. The van der Waals surface area contributed by atoms with Gasteiger partial charge >= 0.3 is 0 Å². The minimum absolute atomic E-state index is 0.164. The second kappa shape index (κ2) is 3.52. The van der Waals surface area contributed by atoms with Crippen molar-refractivity contribution in [2.45, 2.75) is 18.9 Å². The molecule has 0 aromatic heterocycles. The van der Waals surface area contributed by atoms with Crippen molar-refractivity contribution in [3.05, 3.63) is 12.7 Å². The van der Waals surface area contributed by atoms with E-state index in [0.717, 1.165) is 13.1 Å². The Balaban J connectivity index is 2.43. The van der Waals surface area contributed by atoms with Gasteiger partial charge in [0, 0.05) is 0 Å². The highest BCUT2D eigenvalue weighted by molar-refractivity contribution is 5.61. The molecule has 1 unspecified atom stereocenters. The molecule has 0 spiro atoms. The van der Waals surface area contributed by atoms with E-state index in [9.17, 15) is 4.79 Å². The van der Waals surface area contributed by atoms with Crippen LogP contribution in [0.3, 0.4) is 0 Å². The highest BCUT2D eigenvalue weighted by atomic mass is 16.1. The normalized spacial score (nSPS) is 22.4. The second-order valence-electron chi connectivity index (χ2n) is 2.54. The van der Waals surface area contributed by atoms with Crippen molar-refractivity contribution in [2.75, 3.05) is 13.1 Å². The van der Waals surface area contributed by atoms with E-state index in [1.165, 1.54) is 12.8 Å². The molecule has 0 aliphatic carbocycles. The molecule has 0 aromatic rings. The first kappa shape index (κ1) is 7.48. The molecular weight excluding hydrogens is 126 g/mol. The molecule has 1 atom stereocenters. The third-order valence-electron chi connectivity index (χ3n) is 1.88. The zero-order valence-corrected chi connectivity index (χ0v) is 6.05. The van der Waals surface area contributed by atoms with Crippen LogP contribution in [0.25, 0.3) is 0 Å². The van der Waals surface area contributed by atoms with Gasteiger partial charge in [0.25, 0.3) is 0 Å². The summed E-state index contributed by atoms with van der Waals surface area (Å²) in [6, 6.07) is -0.164. The summed E-state index contributed by atoms with van der Waals surface area (Å²) in [4.78, 5) is 12.4. The van der Waals surface area contributed by atoms with Gasteiger partial charge in [-0.3, -0.25) is 9.69 Å². The van der Waals surface area contributed by atoms with Gasteiger partial charge in [-0.25, -0.2) is 0 Å². The highest BCUT2D eigenvalue weighted by Gasteiger charge is 2.18. The lowest BCUT2D eigenvalue weighted by Crippen LogP contribution is -2.31. The van der Waals surface area contributed by atoms with Crippen molar-refractivity contribution in [1.82, 2.24) is 4.90 Å². The third kappa shape index (κ3) is 1.45. The lowest BCUT2D eigenvalue weighted by molar-refractivity contribution is 0.328. The van der Waals surface area contributed by atoms with Crippen molar-refractivity contribution in [3.8, 4) is 0 Å². The van der Waals surface area contributed by atoms with E-state index < -0.39 is 0 Å². The van der Waals surface area contributed by atoms with Crippen molar-refractivity contribution >= 4 is 6.29 Å². The van der Waals surface area contributed by atoms with E-state index in [1.54, 1.807) is 6.08 Å². The second-order valence-corrected chi connectivity index (χ2v) is 2.54. The molecule has 2 heteroatoms. The van der Waals surface area contributed by atoms with Crippen LogP contribution in [-0.4, -0.2) is 30.3 Å². The molecule has 0 amide bonds. The smallest absolute Gasteiger partial charge is 0.221 e. The molecule has 1 radical (unpaired) electrons. The molecule has 1 rings (SSSR count). The van der Waals surface area contributed by atoms with Crippen LogP contribution in [0.5, 0.6) is 0 Å². The maximum absolute atomic E-state index is 10.3. The van der Waals surface area contributed by atoms with Gasteiger partial charge in [-0.15, -0.1) is 6.58 Å². The summed E-state index contributed by atoms with van der Waals surface area (Å²) >= 11 is 0. The van der Waals surface area contributed by atoms with Crippen molar-refractivity contribution < 1.29 is 4.79 Å². The lowest BCUT2D eigenvalue weighted by Gasteiger charge is -2.17. The van der Waals surface area contributed by atoms with Crippen LogP contribution in [-0.2, 0) is 4.79 Å². The number of nitrogens with zero attached hydrogens (tertiary/aromatic N) is 1. The molecule has 2 nitrogen and oxygen atoms in total. The van der Waals surface area contributed by atoms with Crippen molar-refractivity contribution in [3.63, 3.8) is 0 Å². The Morgan fingerprint density at radius 1 is 1.50 bits per heavy atom. The van der Waals surface area contributed by atoms with Crippen LogP contribution in [0.15, 0.2) is 12.7 Å². The molecule has 0 N–H and O–H groups in total. The first-order chi connectivity index (χ1) is 4.88. The van der Waals surface area contributed by atoms with Crippen molar-refractivity contribution in [1.29, 1.82) is 0 Å². The summed E-state index contributed by atoms with van der Waals surface area (Å²) in [6.07, 6.45) is 6.00. The monoisotopic (exact) mass is 138 g/mol. The van der Waals surface area contributed by atoms with Crippen LogP contribution in [0.4, 0.5) is 0 Å². The zero-order chi connectivity index (χ0) is 7.40. The first-order valence-electron chi connectivity index (χ1n) is 3.63. The first-order valence-corrected chi connectivity index (χ1v) is 3.63. The SMILES string of the molecule is C=CC([C]=O)N1CCCC1. The van der Waals surface area contributed by atoms with Gasteiger partial charge in [-0.1, -0.05) is 6.08 Å². The number of carbonyl (C=O) groups excluding carboxylic acids is 1. The summed E-state index contributed by atoms with van der Waals surface area (Å²) in [5, 5.41) is 0.